The highest BCUT2D eigenvalue weighted by atomic mass is 16.5. The van der Waals surface area contributed by atoms with E-state index < -0.39 is 0 Å². The average Bonchev–Trinajstić information content (AvgIpc) is 2.41. The summed E-state index contributed by atoms with van der Waals surface area (Å²) in [4.78, 5) is 2.48. The summed E-state index contributed by atoms with van der Waals surface area (Å²) in [6.45, 7) is 5.62. The second kappa shape index (κ2) is 4.61. The number of aryl methyl sites for hydroxylation is 1. The minimum absolute atomic E-state index is 0.319. The fourth-order valence-electron chi connectivity index (χ4n) is 2.80. The molecule has 92 valence electrons. The van der Waals surface area contributed by atoms with Crippen molar-refractivity contribution < 1.29 is 4.74 Å². The minimum Gasteiger partial charge on any atom is -0.472 e. The lowest BCUT2D eigenvalue weighted by Crippen LogP contribution is -2.52. The van der Waals surface area contributed by atoms with Gasteiger partial charge in [0.25, 0.3) is 0 Å². The molecule has 2 bridgehead atoms. The normalized spacial score (nSPS) is 31.5. The summed E-state index contributed by atoms with van der Waals surface area (Å²) in [7, 11) is 0. The van der Waals surface area contributed by atoms with Gasteiger partial charge < -0.3 is 4.74 Å². The summed E-state index contributed by atoms with van der Waals surface area (Å²) in [6, 6.07) is 3.95. The Balaban J connectivity index is 1.66. The molecule has 3 aliphatic heterocycles. The van der Waals surface area contributed by atoms with Gasteiger partial charge in [0, 0.05) is 12.6 Å². The van der Waals surface area contributed by atoms with Crippen LogP contribution in [0.4, 0.5) is 0 Å². The number of piperidine rings is 3. The van der Waals surface area contributed by atoms with Crippen molar-refractivity contribution in [2.24, 2.45) is 5.92 Å². The summed E-state index contributed by atoms with van der Waals surface area (Å²) in [6.07, 6.45) is 3.78. The van der Waals surface area contributed by atoms with Gasteiger partial charge in [-0.25, -0.2) is 0 Å². The molecule has 0 amide bonds. The molecule has 3 fully saturated rings. The molecule has 17 heavy (non-hydrogen) atoms. The largest absolute Gasteiger partial charge is 0.472 e. The number of rotatable bonds is 3. The van der Waals surface area contributed by atoms with Crippen molar-refractivity contribution in [2.45, 2.75) is 32.3 Å². The summed E-state index contributed by atoms with van der Waals surface area (Å²) in [5.41, 5.74) is 1.02. The Hall–Kier alpha value is -1.16. The Morgan fingerprint density at radius 2 is 2.12 bits per heavy atom. The van der Waals surface area contributed by atoms with Gasteiger partial charge in [-0.2, -0.15) is 5.10 Å². The lowest BCUT2D eigenvalue weighted by Gasteiger charge is -2.44. The van der Waals surface area contributed by atoms with Gasteiger partial charge in [0.2, 0.25) is 5.88 Å². The van der Waals surface area contributed by atoms with Crippen LogP contribution in [0.1, 0.15) is 25.5 Å². The smallest absolute Gasteiger partial charge is 0.233 e. The highest BCUT2D eigenvalue weighted by Gasteiger charge is 2.35. The van der Waals surface area contributed by atoms with Gasteiger partial charge in [-0.05, 0) is 44.3 Å². The molecule has 0 N–H and O–H groups in total. The highest BCUT2D eigenvalue weighted by Crippen LogP contribution is 2.29. The van der Waals surface area contributed by atoms with Gasteiger partial charge in [0.15, 0.2) is 0 Å². The molecule has 0 aromatic carbocycles. The standard InChI is InChI=1S/C13H19N3O/c1-2-11-3-4-13(15-14-11)17-12-9-16-7-5-10(12)6-8-16/h3-4,10,12H,2,5-9H2,1H3/t12-/m0/s1. The van der Waals surface area contributed by atoms with E-state index >= 15 is 0 Å². The van der Waals surface area contributed by atoms with E-state index in [1.165, 1.54) is 25.9 Å². The van der Waals surface area contributed by atoms with Crippen LogP contribution < -0.4 is 4.74 Å². The summed E-state index contributed by atoms with van der Waals surface area (Å²) >= 11 is 0. The number of nitrogens with zero attached hydrogens (tertiary/aromatic N) is 3. The number of ether oxygens (including phenoxy) is 1. The Kier molecular flexibility index (Phi) is 2.97. The number of aromatic nitrogens is 2. The third kappa shape index (κ3) is 2.27. The predicted octanol–water partition coefficient (Wildman–Crippen LogP) is 1.51. The molecule has 0 saturated carbocycles. The van der Waals surface area contributed by atoms with E-state index in [1.54, 1.807) is 0 Å². The topological polar surface area (TPSA) is 38.2 Å². The first-order valence-corrected chi connectivity index (χ1v) is 6.57. The number of fused-ring (bicyclic) bond motifs is 3. The van der Waals surface area contributed by atoms with Gasteiger partial charge >= 0.3 is 0 Å². The molecule has 0 radical (unpaired) electrons. The van der Waals surface area contributed by atoms with Crippen LogP contribution >= 0.6 is 0 Å². The summed E-state index contributed by atoms with van der Waals surface area (Å²) in [5, 5.41) is 8.27. The van der Waals surface area contributed by atoms with Crippen LogP contribution in [-0.2, 0) is 6.42 Å². The van der Waals surface area contributed by atoms with E-state index in [2.05, 4.69) is 22.0 Å². The fourth-order valence-corrected chi connectivity index (χ4v) is 2.80. The molecule has 4 heteroatoms. The van der Waals surface area contributed by atoms with Crippen molar-refractivity contribution in [3.63, 3.8) is 0 Å². The fraction of sp³-hybridized carbons (Fsp3) is 0.692. The number of hydrogen-bond donors (Lipinski definition) is 0. The molecule has 1 atom stereocenters. The molecule has 4 heterocycles. The van der Waals surface area contributed by atoms with E-state index in [-0.39, 0.29) is 0 Å². The van der Waals surface area contributed by atoms with Gasteiger partial charge in [-0.3, -0.25) is 4.90 Å². The van der Waals surface area contributed by atoms with Crippen molar-refractivity contribution >= 4 is 0 Å². The first-order valence-electron chi connectivity index (χ1n) is 6.57. The Morgan fingerprint density at radius 1 is 1.29 bits per heavy atom. The van der Waals surface area contributed by atoms with E-state index in [0.29, 0.717) is 17.9 Å². The Labute approximate surface area is 102 Å². The van der Waals surface area contributed by atoms with Crippen molar-refractivity contribution in [3.8, 4) is 5.88 Å². The van der Waals surface area contributed by atoms with Gasteiger partial charge in [0.1, 0.15) is 6.10 Å². The van der Waals surface area contributed by atoms with Crippen molar-refractivity contribution in [2.75, 3.05) is 19.6 Å². The zero-order valence-electron chi connectivity index (χ0n) is 10.3. The van der Waals surface area contributed by atoms with Crippen molar-refractivity contribution in [1.82, 2.24) is 15.1 Å². The van der Waals surface area contributed by atoms with Crippen molar-refractivity contribution in [1.29, 1.82) is 0 Å². The van der Waals surface area contributed by atoms with E-state index in [1.807, 2.05) is 12.1 Å². The second-order valence-corrected chi connectivity index (χ2v) is 5.01. The van der Waals surface area contributed by atoms with E-state index in [0.717, 1.165) is 18.7 Å². The SMILES string of the molecule is CCc1ccc(O[C@H]2CN3CCC2CC3)nn1. The summed E-state index contributed by atoms with van der Waals surface area (Å²) in [5.74, 6) is 1.40. The zero-order valence-corrected chi connectivity index (χ0v) is 10.3. The average molecular weight is 233 g/mol. The maximum atomic E-state index is 5.97. The number of hydrogen-bond acceptors (Lipinski definition) is 4. The van der Waals surface area contributed by atoms with Crippen LogP contribution in [0.15, 0.2) is 12.1 Å². The van der Waals surface area contributed by atoms with E-state index in [4.69, 9.17) is 4.74 Å². The third-order valence-electron chi connectivity index (χ3n) is 3.93. The zero-order chi connectivity index (χ0) is 11.7. The predicted molar refractivity (Wildman–Crippen MR) is 65.0 cm³/mol. The minimum atomic E-state index is 0.319. The van der Waals surface area contributed by atoms with Gasteiger partial charge in [0.05, 0.1) is 5.69 Å². The molecule has 0 aliphatic carbocycles. The second-order valence-electron chi connectivity index (χ2n) is 5.01. The van der Waals surface area contributed by atoms with Crippen LogP contribution in [0.25, 0.3) is 0 Å². The van der Waals surface area contributed by atoms with Crippen LogP contribution in [0.3, 0.4) is 0 Å². The molecule has 1 aromatic heterocycles. The van der Waals surface area contributed by atoms with Crippen molar-refractivity contribution in [3.05, 3.63) is 17.8 Å². The molecule has 0 unspecified atom stereocenters. The molecular weight excluding hydrogens is 214 g/mol. The monoisotopic (exact) mass is 233 g/mol. The maximum absolute atomic E-state index is 5.97. The lowest BCUT2D eigenvalue weighted by atomic mass is 9.86. The lowest BCUT2D eigenvalue weighted by molar-refractivity contribution is -0.0104. The Morgan fingerprint density at radius 3 is 2.65 bits per heavy atom. The molecule has 3 aliphatic rings. The first-order chi connectivity index (χ1) is 8.35. The van der Waals surface area contributed by atoms with Crippen LogP contribution in [0.2, 0.25) is 0 Å². The van der Waals surface area contributed by atoms with Crippen LogP contribution in [-0.4, -0.2) is 40.8 Å². The molecule has 4 rings (SSSR count). The summed E-state index contributed by atoms with van der Waals surface area (Å²) < 4.78 is 5.97. The molecular formula is C13H19N3O. The van der Waals surface area contributed by atoms with Crippen LogP contribution in [0.5, 0.6) is 5.88 Å². The first kappa shape index (κ1) is 11.0. The van der Waals surface area contributed by atoms with Gasteiger partial charge in [-0.1, -0.05) is 6.92 Å². The molecule has 4 nitrogen and oxygen atoms in total. The van der Waals surface area contributed by atoms with Crippen LogP contribution in [0, 0.1) is 5.92 Å². The maximum Gasteiger partial charge on any atom is 0.233 e. The quantitative estimate of drug-likeness (QED) is 0.793. The third-order valence-corrected chi connectivity index (χ3v) is 3.93. The Bertz CT molecular complexity index is 371. The molecule has 3 saturated heterocycles. The molecule has 1 aromatic rings. The highest BCUT2D eigenvalue weighted by molar-refractivity contribution is 5.12. The molecule has 0 spiro atoms. The van der Waals surface area contributed by atoms with E-state index in [9.17, 15) is 0 Å². The van der Waals surface area contributed by atoms with Gasteiger partial charge in [-0.15, -0.1) is 5.10 Å².